The van der Waals surface area contributed by atoms with Crippen LogP contribution in [0.25, 0.3) is 16.9 Å². The van der Waals surface area contributed by atoms with E-state index in [1.807, 2.05) is 0 Å². The molecular weight excluding hydrogens is 394 g/mol. The van der Waals surface area contributed by atoms with Crippen molar-refractivity contribution < 1.29 is 9.53 Å². The van der Waals surface area contributed by atoms with E-state index in [1.54, 1.807) is 42.6 Å². The van der Waals surface area contributed by atoms with Crippen molar-refractivity contribution in [3.63, 3.8) is 0 Å². The Morgan fingerprint density at radius 1 is 1.29 bits per heavy atom. The maximum atomic E-state index is 12.4. The second kappa shape index (κ2) is 9.41. The van der Waals surface area contributed by atoms with E-state index >= 15 is 0 Å². The number of hydrogen-bond donors (Lipinski definition) is 2. The number of nitriles is 1. The number of nitrogens with one attached hydrogen (secondary N) is 2. The van der Waals surface area contributed by atoms with Gasteiger partial charge in [0.05, 0.1) is 22.8 Å². The molecule has 1 aliphatic heterocycles. The first-order valence-corrected chi connectivity index (χ1v) is 10.3. The summed E-state index contributed by atoms with van der Waals surface area (Å²) in [7, 11) is 0. The van der Waals surface area contributed by atoms with Crippen molar-refractivity contribution in [3.05, 3.63) is 70.3 Å². The Kier molecular flexibility index (Phi) is 6.24. The lowest BCUT2D eigenvalue weighted by Crippen LogP contribution is -2.28. The van der Waals surface area contributed by atoms with Crippen molar-refractivity contribution in [3.8, 4) is 23.0 Å². The topological polar surface area (TPSA) is 113 Å². The van der Waals surface area contributed by atoms with E-state index in [2.05, 4.69) is 21.5 Å². The highest BCUT2D eigenvalue weighted by Gasteiger charge is 2.15. The summed E-state index contributed by atoms with van der Waals surface area (Å²) in [6.07, 6.45) is 6.27. The molecule has 1 saturated heterocycles. The molecule has 3 heterocycles. The number of aromatic nitrogens is 3. The molecule has 1 atom stereocenters. The van der Waals surface area contributed by atoms with E-state index < -0.39 is 0 Å². The summed E-state index contributed by atoms with van der Waals surface area (Å²) in [5.74, 6) is 0.827. The fourth-order valence-electron chi connectivity index (χ4n) is 3.63. The van der Waals surface area contributed by atoms with Crippen LogP contribution >= 0.6 is 0 Å². The number of aromatic amines is 1. The lowest BCUT2D eigenvalue weighted by Gasteiger charge is -2.21. The fraction of sp³-hybridized carbons (Fsp3) is 0.304. The van der Waals surface area contributed by atoms with Crippen LogP contribution in [0.5, 0.6) is 0 Å². The Labute approximate surface area is 179 Å². The first-order valence-electron chi connectivity index (χ1n) is 10.3. The molecule has 1 fully saturated rings. The van der Waals surface area contributed by atoms with Gasteiger partial charge in [-0.15, -0.1) is 0 Å². The molecule has 8 heteroatoms. The van der Waals surface area contributed by atoms with Crippen molar-refractivity contribution in [1.82, 2.24) is 20.1 Å². The van der Waals surface area contributed by atoms with Gasteiger partial charge in [0.1, 0.15) is 0 Å². The van der Waals surface area contributed by atoms with E-state index in [9.17, 15) is 9.59 Å². The molecule has 4 rings (SSSR count). The highest BCUT2D eigenvalue weighted by atomic mass is 16.5. The molecule has 8 nitrogen and oxygen atoms in total. The van der Waals surface area contributed by atoms with Gasteiger partial charge in [-0.1, -0.05) is 12.1 Å². The van der Waals surface area contributed by atoms with E-state index in [0.717, 1.165) is 32.5 Å². The number of pyridine rings is 1. The number of nitrogens with zero attached hydrogens (tertiary/aromatic N) is 3. The normalized spacial score (nSPS) is 15.9. The quantitative estimate of drug-likeness (QED) is 0.640. The number of carbonyl (C=O) groups is 1. The average molecular weight is 417 g/mol. The number of benzene rings is 1. The van der Waals surface area contributed by atoms with Crippen LogP contribution in [0.3, 0.4) is 0 Å². The zero-order valence-corrected chi connectivity index (χ0v) is 17.0. The van der Waals surface area contributed by atoms with E-state index in [4.69, 9.17) is 10.00 Å². The molecule has 0 radical (unpaired) electrons. The minimum atomic E-state index is -0.264. The van der Waals surface area contributed by atoms with Crippen LogP contribution < -0.4 is 10.9 Å². The van der Waals surface area contributed by atoms with Gasteiger partial charge in [0.25, 0.3) is 11.5 Å². The molecule has 0 bridgehead atoms. The monoisotopic (exact) mass is 417 g/mol. The summed E-state index contributed by atoms with van der Waals surface area (Å²) < 4.78 is 6.98. The standard InChI is InChI=1S/C23H23N5O3/c24-12-16-3-5-18(6-4-16)20-14-28(27-23(20)30)21-8-7-19(13-26-21)22(29)25-10-9-17-2-1-11-31-15-17/h3-8,13-14,17H,1-2,9-11,15H2,(H,25,29)(H,27,30). The summed E-state index contributed by atoms with van der Waals surface area (Å²) in [4.78, 5) is 29.0. The molecule has 1 aromatic carbocycles. The van der Waals surface area contributed by atoms with Crippen molar-refractivity contribution in [1.29, 1.82) is 5.26 Å². The summed E-state index contributed by atoms with van der Waals surface area (Å²) in [5.41, 5.74) is 1.91. The minimum Gasteiger partial charge on any atom is -0.381 e. The van der Waals surface area contributed by atoms with Crippen LogP contribution in [0.2, 0.25) is 0 Å². The summed E-state index contributed by atoms with van der Waals surface area (Å²) in [6.45, 7) is 2.21. The first kappa shape index (κ1) is 20.6. The number of hydrogen-bond acceptors (Lipinski definition) is 5. The maximum absolute atomic E-state index is 12.4. The Balaban J connectivity index is 1.40. The largest absolute Gasteiger partial charge is 0.381 e. The number of amides is 1. The third-order valence-corrected chi connectivity index (χ3v) is 5.40. The Morgan fingerprint density at radius 2 is 2.13 bits per heavy atom. The third-order valence-electron chi connectivity index (χ3n) is 5.40. The Morgan fingerprint density at radius 3 is 2.81 bits per heavy atom. The van der Waals surface area contributed by atoms with Crippen LogP contribution in [0.15, 0.2) is 53.6 Å². The van der Waals surface area contributed by atoms with Gasteiger partial charge in [0.15, 0.2) is 5.82 Å². The van der Waals surface area contributed by atoms with Crippen molar-refractivity contribution in [2.75, 3.05) is 19.8 Å². The second-order valence-corrected chi connectivity index (χ2v) is 7.58. The molecular formula is C23H23N5O3. The number of carbonyl (C=O) groups excluding carboxylic acids is 1. The number of rotatable bonds is 6. The first-order chi connectivity index (χ1) is 15.1. The molecule has 2 aromatic heterocycles. The predicted molar refractivity (Wildman–Crippen MR) is 115 cm³/mol. The summed E-state index contributed by atoms with van der Waals surface area (Å²) in [6, 6.07) is 12.2. The van der Waals surface area contributed by atoms with E-state index in [-0.39, 0.29) is 11.5 Å². The average Bonchev–Trinajstić information content (AvgIpc) is 3.21. The summed E-state index contributed by atoms with van der Waals surface area (Å²) in [5, 5.41) is 14.6. The SMILES string of the molecule is N#Cc1ccc(-c2cn(-c3ccc(C(=O)NCCC4CCCOC4)cn3)[nH]c2=O)cc1. The molecule has 1 aliphatic rings. The molecule has 3 aromatic rings. The van der Waals surface area contributed by atoms with Gasteiger partial charge in [-0.25, -0.2) is 9.67 Å². The van der Waals surface area contributed by atoms with Crippen molar-refractivity contribution in [2.45, 2.75) is 19.3 Å². The number of ether oxygens (including phenoxy) is 1. The van der Waals surface area contributed by atoms with Gasteiger partial charge in [0.2, 0.25) is 0 Å². The van der Waals surface area contributed by atoms with Crippen LogP contribution in [0, 0.1) is 17.2 Å². The molecule has 0 aliphatic carbocycles. The molecule has 158 valence electrons. The van der Waals surface area contributed by atoms with Gasteiger partial charge in [-0.2, -0.15) is 5.26 Å². The zero-order chi connectivity index (χ0) is 21.6. The van der Waals surface area contributed by atoms with Gasteiger partial charge in [-0.05, 0) is 55.0 Å². The van der Waals surface area contributed by atoms with Crippen LogP contribution in [-0.2, 0) is 4.74 Å². The molecule has 1 amide bonds. The molecule has 1 unspecified atom stereocenters. The Hall–Kier alpha value is -3.70. The van der Waals surface area contributed by atoms with Crippen LogP contribution in [-0.4, -0.2) is 40.4 Å². The lowest BCUT2D eigenvalue weighted by molar-refractivity contribution is 0.0514. The predicted octanol–water partition coefficient (Wildman–Crippen LogP) is 2.65. The van der Waals surface area contributed by atoms with E-state index in [0.29, 0.717) is 40.5 Å². The smallest absolute Gasteiger partial charge is 0.272 e. The van der Waals surface area contributed by atoms with Crippen molar-refractivity contribution >= 4 is 5.91 Å². The third kappa shape index (κ3) is 4.90. The van der Waals surface area contributed by atoms with E-state index in [1.165, 1.54) is 10.9 Å². The van der Waals surface area contributed by atoms with Crippen molar-refractivity contribution in [2.24, 2.45) is 5.92 Å². The number of H-pyrrole nitrogens is 1. The Bertz CT molecular complexity index is 1130. The highest BCUT2D eigenvalue weighted by Crippen LogP contribution is 2.18. The lowest BCUT2D eigenvalue weighted by atomic mass is 9.99. The fourth-order valence-corrected chi connectivity index (χ4v) is 3.63. The highest BCUT2D eigenvalue weighted by molar-refractivity contribution is 5.93. The van der Waals surface area contributed by atoms with Gasteiger partial charge in [0, 0.05) is 32.2 Å². The molecule has 2 N–H and O–H groups in total. The minimum absolute atomic E-state index is 0.171. The zero-order valence-electron chi connectivity index (χ0n) is 17.0. The molecule has 0 spiro atoms. The van der Waals surface area contributed by atoms with Crippen LogP contribution in [0.1, 0.15) is 35.2 Å². The molecule has 31 heavy (non-hydrogen) atoms. The van der Waals surface area contributed by atoms with Gasteiger partial charge < -0.3 is 10.1 Å². The maximum Gasteiger partial charge on any atom is 0.272 e. The molecule has 0 saturated carbocycles. The summed E-state index contributed by atoms with van der Waals surface area (Å²) >= 11 is 0. The van der Waals surface area contributed by atoms with Gasteiger partial charge >= 0.3 is 0 Å². The second-order valence-electron chi connectivity index (χ2n) is 7.58. The van der Waals surface area contributed by atoms with Crippen LogP contribution in [0.4, 0.5) is 0 Å². The van der Waals surface area contributed by atoms with Gasteiger partial charge in [-0.3, -0.25) is 14.7 Å².